The van der Waals surface area contributed by atoms with E-state index >= 15 is 0 Å². The molecule has 4 aliphatic carbocycles. The van der Waals surface area contributed by atoms with Gasteiger partial charge in [0, 0.05) is 62.3 Å². The van der Waals surface area contributed by atoms with Gasteiger partial charge in [-0.3, -0.25) is 5.32 Å². The van der Waals surface area contributed by atoms with Crippen molar-refractivity contribution in [3.63, 3.8) is 0 Å². The number of hydrogen-bond acceptors (Lipinski definition) is 3. The van der Waals surface area contributed by atoms with Gasteiger partial charge in [0.25, 0.3) is 0 Å². The molecule has 3 unspecified atom stereocenters. The van der Waals surface area contributed by atoms with E-state index in [0.717, 1.165) is 36.8 Å². The van der Waals surface area contributed by atoms with E-state index in [1.54, 1.807) is 0 Å². The number of nitrogens with one attached hydrogen (secondary N) is 2. The molecule has 1 fully saturated rings. The molecule has 6 aromatic rings. The number of nitrogens with zero attached hydrogens (tertiary/aromatic N) is 1. The van der Waals surface area contributed by atoms with Gasteiger partial charge >= 0.3 is 0 Å². The SMILES string of the molecule is CC1(C)c2ccccc2-c2ccc(C3NC(n4c5c(c6c4C[C@H](c4ccc7oc8ccccc8c7c4)C=C6)C=CCC5)NC4=CC=CCC43)cc21. The van der Waals surface area contributed by atoms with Gasteiger partial charge in [-0.05, 0) is 83.3 Å². The zero-order chi connectivity index (χ0) is 33.8. The highest BCUT2D eigenvalue weighted by molar-refractivity contribution is 6.05. The zero-order valence-electron chi connectivity index (χ0n) is 29.1. The molecule has 2 aromatic heterocycles. The van der Waals surface area contributed by atoms with Crippen LogP contribution in [0.15, 0.2) is 125 Å². The lowest BCUT2D eigenvalue weighted by atomic mass is 9.79. The maximum atomic E-state index is 6.19. The molecule has 3 heterocycles. The summed E-state index contributed by atoms with van der Waals surface area (Å²) in [5.41, 5.74) is 17.1. The minimum atomic E-state index is -0.0566. The van der Waals surface area contributed by atoms with E-state index in [9.17, 15) is 0 Å². The van der Waals surface area contributed by atoms with Crippen molar-refractivity contribution < 1.29 is 4.42 Å². The Morgan fingerprint density at radius 1 is 0.765 bits per heavy atom. The fourth-order valence-corrected chi connectivity index (χ4v) is 9.98. The molecule has 0 amide bonds. The highest BCUT2D eigenvalue weighted by atomic mass is 16.3. The van der Waals surface area contributed by atoms with Gasteiger partial charge in [0.2, 0.25) is 0 Å². The predicted octanol–water partition coefficient (Wildman–Crippen LogP) is 10.9. The number of benzene rings is 4. The molecule has 0 spiro atoms. The van der Waals surface area contributed by atoms with E-state index in [-0.39, 0.29) is 23.7 Å². The predicted molar refractivity (Wildman–Crippen MR) is 208 cm³/mol. The van der Waals surface area contributed by atoms with Crippen LogP contribution in [-0.2, 0) is 18.3 Å². The van der Waals surface area contributed by atoms with Gasteiger partial charge < -0.3 is 14.3 Å². The summed E-state index contributed by atoms with van der Waals surface area (Å²) in [5.74, 6) is 0.627. The van der Waals surface area contributed by atoms with Gasteiger partial charge in [-0.2, -0.15) is 0 Å². The zero-order valence-corrected chi connectivity index (χ0v) is 29.1. The normalized spacial score (nSPS) is 23.7. The number of hydrogen-bond donors (Lipinski definition) is 2. The molecule has 4 nitrogen and oxygen atoms in total. The van der Waals surface area contributed by atoms with Gasteiger partial charge in [0.1, 0.15) is 11.2 Å². The Hall–Kier alpha value is -5.32. The number of para-hydroxylation sites is 1. The van der Waals surface area contributed by atoms with Crippen LogP contribution in [0.25, 0.3) is 45.2 Å². The van der Waals surface area contributed by atoms with Crippen LogP contribution in [0.4, 0.5) is 0 Å². The minimum absolute atomic E-state index is 0.0303. The molecule has 0 saturated carbocycles. The fourth-order valence-electron chi connectivity index (χ4n) is 9.98. The van der Waals surface area contributed by atoms with Crippen LogP contribution < -0.4 is 10.6 Å². The van der Waals surface area contributed by atoms with Crippen LogP contribution in [0.2, 0.25) is 0 Å². The van der Waals surface area contributed by atoms with Crippen molar-refractivity contribution in [1.29, 1.82) is 0 Å². The molecule has 1 saturated heterocycles. The number of aromatic nitrogens is 1. The molecule has 0 radical (unpaired) electrons. The average Bonchev–Trinajstić information content (AvgIpc) is 3.79. The third kappa shape index (κ3) is 4.29. The molecule has 11 rings (SSSR count). The van der Waals surface area contributed by atoms with E-state index in [4.69, 9.17) is 4.42 Å². The molecule has 51 heavy (non-hydrogen) atoms. The van der Waals surface area contributed by atoms with Gasteiger partial charge in [-0.15, -0.1) is 0 Å². The summed E-state index contributed by atoms with van der Waals surface area (Å²) in [7, 11) is 0. The Kier molecular flexibility index (Phi) is 6.25. The van der Waals surface area contributed by atoms with Crippen LogP contribution in [0.1, 0.15) is 89.7 Å². The largest absolute Gasteiger partial charge is 0.456 e. The second-order valence-corrected chi connectivity index (χ2v) is 15.6. The van der Waals surface area contributed by atoms with Gasteiger partial charge in [-0.25, -0.2) is 0 Å². The first-order valence-corrected chi connectivity index (χ1v) is 18.7. The van der Waals surface area contributed by atoms with Crippen molar-refractivity contribution in [2.45, 2.75) is 63.2 Å². The summed E-state index contributed by atoms with van der Waals surface area (Å²) < 4.78 is 8.84. The minimum Gasteiger partial charge on any atom is -0.456 e. The van der Waals surface area contributed by atoms with Crippen molar-refractivity contribution in [1.82, 2.24) is 15.2 Å². The second-order valence-electron chi connectivity index (χ2n) is 15.6. The monoisotopic (exact) mass is 663 g/mol. The van der Waals surface area contributed by atoms with E-state index in [2.05, 4.69) is 150 Å². The molecule has 5 aliphatic rings. The molecule has 1 aliphatic heterocycles. The van der Waals surface area contributed by atoms with Crippen LogP contribution in [0.5, 0.6) is 0 Å². The van der Waals surface area contributed by atoms with Gasteiger partial charge in [0.05, 0.1) is 0 Å². The summed E-state index contributed by atoms with van der Waals surface area (Å²) in [5, 5.41) is 10.6. The molecule has 250 valence electrons. The number of fused-ring (bicyclic) bond motifs is 10. The van der Waals surface area contributed by atoms with Crippen molar-refractivity contribution in [2.75, 3.05) is 0 Å². The summed E-state index contributed by atoms with van der Waals surface area (Å²) in [6.45, 7) is 4.77. The van der Waals surface area contributed by atoms with Crippen LogP contribution in [0, 0.1) is 5.92 Å². The third-order valence-electron chi connectivity index (χ3n) is 12.5. The lowest BCUT2D eigenvalue weighted by molar-refractivity contribution is 0.206. The summed E-state index contributed by atoms with van der Waals surface area (Å²) in [6, 6.07) is 31.6. The molecule has 4 heteroatoms. The summed E-state index contributed by atoms with van der Waals surface area (Å²) in [4.78, 5) is 0. The standard InChI is InChI=1S/C47H41N3O/c1-47(2)38-15-7-3-11-31(38)32-22-20-30(26-39(32)47)45-36-14-4-8-16-40(36)48-46(49-45)50-41-17-9-5-12-33(41)34-23-19-29(27-42(34)50)28-21-24-44-37(25-28)35-13-6-10-18-43(35)51-44/h3-8,10-13,15-16,18-26,29,36,45-46,48-49H,9,14,17,27H2,1-2H3/t29-,36?,45?,46?/m1/s1. The maximum Gasteiger partial charge on any atom is 0.159 e. The molecular formula is C47H41N3O. The van der Waals surface area contributed by atoms with E-state index in [1.165, 1.54) is 72.4 Å². The highest BCUT2D eigenvalue weighted by Gasteiger charge is 2.40. The second kappa shape index (κ2) is 10.8. The van der Waals surface area contributed by atoms with Crippen molar-refractivity contribution >= 4 is 34.1 Å². The molecule has 4 atom stereocenters. The topological polar surface area (TPSA) is 42.1 Å². The van der Waals surface area contributed by atoms with E-state index < -0.39 is 0 Å². The molecule has 2 N–H and O–H groups in total. The first kappa shape index (κ1) is 29.4. The summed E-state index contributed by atoms with van der Waals surface area (Å²) >= 11 is 0. The van der Waals surface area contributed by atoms with Gasteiger partial charge in [0.15, 0.2) is 6.29 Å². The number of allylic oxidation sites excluding steroid dienone is 5. The number of furan rings is 1. The van der Waals surface area contributed by atoms with Crippen LogP contribution in [0.3, 0.4) is 0 Å². The number of rotatable bonds is 3. The Balaban J connectivity index is 1.000. The van der Waals surface area contributed by atoms with Crippen LogP contribution >= 0.6 is 0 Å². The highest BCUT2D eigenvalue weighted by Crippen LogP contribution is 2.50. The molecular weight excluding hydrogens is 623 g/mol. The van der Waals surface area contributed by atoms with E-state index in [1.807, 2.05) is 6.07 Å². The average molecular weight is 664 g/mol. The Bertz CT molecular complexity index is 2550. The van der Waals surface area contributed by atoms with Crippen molar-refractivity contribution in [2.24, 2.45) is 5.92 Å². The summed E-state index contributed by atoms with van der Waals surface area (Å²) in [6.07, 6.45) is 20.5. The Morgan fingerprint density at radius 3 is 2.55 bits per heavy atom. The third-order valence-corrected chi connectivity index (χ3v) is 12.5. The van der Waals surface area contributed by atoms with Crippen molar-refractivity contribution in [3.05, 3.63) is 166 Å². The first-order chi connectivity index (χ1) is 25.0. The smallest absolute Gasteiger partial charge is 0.159 e. The Morgan fingerprint density at radius 2 is 1.59 bits per heavy atom. The van der Waals surface area contributed by atoms with Gasteiger partial charge in [-0.1, -0.05) is 117 Å². The van der Waals surface area contributed by atoms with Crippen LogP contribution in [-0.4, -0.2) is 4.57 Å². The lowest BCUT2D eigenvalue weighted by Crippen LogP contribution is -2.51. The fraction of sp³-hybridized carbons (Fsp3) is 0.234. The van der Waals surface area contributed by atoms with E-state index in [0.29, 0.717) is 5.92 Å². The maximum absolute atomic E-state index is 6.19. The lowest BCUT2D eigenvalue weighted by Gasteiger charge is -2.43. The molecule has 0 bridgehead atoms. The quantitative estimate of drug-likeness (QED) is 0.198. The van der Waals surface area contributed by atoms with Crippen molar-refractivity contribution in [3.8, 4) is 11.1 Å². The Labute approximate surface area is 298 Å². The molecule has 4 aromatic carbocycles. The first-order valence-electron chi connectivity index (χ1n) is 18.7.